The minimum Gasteiger partial charge on any atom is -0.387 e. The van der Waals surface area contributed by atoms with Crippen molar-refractivity contribution in [2.45, 2.75) is 19.1 Å². The quantitative estimate of drug-likeness (QED) is 0.781. The van der Waals surface area contributed by atoms with Gasteiger partial charge in [-0.05, 0) is 36.2 Å². The molecule has 2 aromatic carbocycles. The molecule has 122 valence electrons. The van der Waals surface area contributed by atoms with E-state index in [2.05, 4.69) is 10.6 Å². The zero-order chi connectivity index (χ0) is 16.8. The summed E-state index contributed by atoms with van der Waals surface area (Å²) in [5.74, 6) is -0.375. The van der Waals surface area contributed by atoms with Crippen molar-refractivity contribution in [1.29, 1.82) is 0 Å². The molecular formula is C17H18ClFN2O2. The lowest BCUT2D eigenvalue weighted by molar-refractivity contribution is 0.172. The maximum atomic E-state index is 12.8. The Kier molecular flexibility index (Phi) is 5.96. The van der Waals surface area contributed by atoms with Crippen LogP contribution in [0.25, 0.3) is 0 Å². The molecule has 0 aromatic heterocycles. The molecule has 0 aliphatic carbocycles. The van der Waals surface area contributed by atoms with Crippen LogP contribution in [0.4, 0.5) is 9.18 Å². The Labute approximate surface area is 139 Å². The Morgan fingerprint density at radius 1 is 1.22 bits per heavy atom. The molecule has 0 saturated heterocycles. The van der Waals surface area contributed by atoms with Crippen LogP contribution in [-0.4, -0.2) is 17.7 Å². The van der Waals surface area contributed by atoms with Crippen molar-refractivity contribution in [2.24, 2.45) is 0 Å². The summed E-state index contributed by atoms with van der Waals surface area (Å²) in [5.41, 5.74) is 1.34. The zero-order valence-corrected chi connectivity index (χ0v) is 13.3. The molecule has 0 heterocycles. The Morgan fingerprint density at radius 3 is 2.52 bits per heavy atom. The van der Waals surface area contributed by atoms with Crippen LogP contribution in [0.1, 0.15) is 30.2 Å². The van der Waals surface area contributed by atoms with Gasteiger partial charge >= 0.3 is 6.03 Å². The number of aliphatic hydroxyl groups is 1. The Balaban J connectivity index is 1.85. The van der Waals surface area contributed by atoms with Crippen LogP contribution in [0.2, 0.25) is 5.02 Å². The van der Waals surface area contributed by atoms with Crippen LogP contribution >= 0.6 is 11.6 Å². The van der Waals surface area contributed by atoms with Gasteiger partial charge in [0.15, 0.2) is 0 Å². The molecule has 2 amide bonds. The number of halogens is 2. The van der Waals surface area contributed by atoms with Crippen LogP contribution < -0.4 is 10.6 Å². The molecule has 0 spiro atoms. The van der Waals surface area contributed by atoms with Crippen molar-refractivity contribution >= 4 is 17.6 Å². The van der Waals surface area contributed by atoms with Crippen LogP contribution in [0.5, 0.6) is 0 Å². The van der Waals surface area contributed by atoms with Gasteiger partial charge in [-0.2, -0.15) is 0 Å². The summed E-state index contributed by atoms with van der Waals surface area (Å²) in [6, 6.07) is 12.0. The standard InChI is InChI=1S/C17H18ClFN2O2/c1-11(14-4-2-3-5-15(14)18)21-17(23)20-10-16(22)12-6-8-13(19)9-7-12/h2-9,11,16,22H,10H2,1H3,(H2,20,21,23). The van der Waals surface area contributed by atoms with Crippen molar-refractivity contribution in [3.63, 3.8) is 0 Å². The molecule has 0 aliphatic rings. The first-order valence-corrected chi connectivity index (χ1v) is 7.57. The molecular weight excluding hydrogens is 319 g/mol. The first-order chi connectivity index (χ1) is 11.0. The second-order valence-electron chi connectivity index (χ2n) is 5.16. The average molecular weight is 337 g/mol. The van der Waals surface area contributed by atoms with Crippen LogP contribution in [-0.2, 0) is 0 Å². The maximum Gasteiger partial charge on any atom is 0.315 e. The molecule has 0 aliphatic heterocycles. The third-order valence-electron chi connectivity index (χ3n) is 3.43. The van der Waals surface area contributed by atoms with Gasteiger partial charge in [0.1, 0.15) is 5.82 Å². The summed E-state index contributed by atoms with van der Waals surface area (Å²) in [6.07, 6.45) is -0.906. The van der Waals surface area contributed by atoms with Gasteiger partial charge in [-0.3, -0.25) is 0 Å². The van der Waals surface area contributed by atoms with Gasteiger partial charge in [0.2, 0.25) is 0 Å². The van der Waals surface area contributed by atoms with Gasteiger partial charge in [-0.1, -0.05) is 41.9 Å². The highest BCUT2D eigenvalue weighted by molar-refractivity contribution is 6.31. The number of hydrogen-bond donors (Lipinski definition) is 3. The highest BCUT2D eigenvalue weighted by atomic mass is 35.5. The number of benzene rings is 2. The minimum atomic E-state index is -0.906. The van der Waals surface area contributed by atoms with Gasteiger partial charge in [0.25, 0.3) is 0 Å². The lowest BCUT2D eigenvalue weighted by Gasteiger charge is -2.17. The smallest absolute Gasteiger partial charge is 0.315 e. The predicted molar refractivity (Wildman–Crippen MR) is 87.8 cm³/mol. The predicted octanol–water partition coefficient (Wildman–Crippen LogP) is 3.57. The van der Waals surface area contributed by atoms with E-state index in [9.17, 15) is 14.3 Å². The molecule has 23 heavy (non-hydrogen) atoms. The monoisotopic (exact) mass is 336 g/mol. The van der Waals surface area contributed by atoms with E-state index in [0.29, 0.717) is 10.6 Å². The summed E-state index contributed by atoms with van der Waals surface area (Å²) in [6.45, 7) is 1.84. The summed E-state index contributed by atoms with van der Waals surface area (Å²) in [5, 5.41) is 15.9. The van der Waals surface area contributed by atoms with E-state index in [1.165, 1.54) is 24.3 Å². The SMILES string of the molecule is CC(NC(=O)NCC(O)c1ccc(F)cc1)c1ccccc1Cl. The van der Waals surface area contributed by atoms with E-state index >= 15 is 0 Å². The lowest BCUT2D eigenvalue weighted by Crippen LogP contribution is -2.39. The molecule has 0 saturated carbocycles. The first kappa shape index (κ1) is 17.2. The third-order valence-corrected chi connectivity index (χ3v) is 3.77. The van der Waals surface area contributed by atoms with Crippen LogP contribution in [0.3, 0.4) is 0 Å². The van der Waals surface area contributed by atoms with Gasteiger partial charge in [-0.25, -0.2) is 9.18 Å². The molecule has 0 bridgehead atoms. The molecule has 0 radical (unpaired) electrons. The lowest BCUT2D eigenvalue weighted by atomic mass is 10.1. The number of aliphatic hydroxyl groups excluding tert-OH is 1. The molecule has 2 atom stereocenters. The molecule has 2 rings (SSSR count). The van der Waals surface area contributed by atoms with Gasteiger partial charge in [-0.15, -0.1) is 0 Å². The number of nitrogens with one attached hydrogen (secondary N) is 2. The van der Waals surface area contributed by atoms with Crippen LogP contribution in [0, 0.1) is 5.82 Å². The second kappa shape index (κ2) is 7.94. The van der Waals surface area contributed by atoms with E-state index in [1.807, 2.05) is 25.1 Å². The van der Waals surface area contributed by atoms with Gasteiger partial charge < -0.3 is 15.7 Å². The Bertz CT molecular complexity index is 664. The van der Waals surface area contributed by atoms with Gasteiger partial charge in [0.05, 0.1) is 12.1 Å². The van der Waals surface area contributed by atoms with Crippen molar-refractivity contribution in [2.75, 3.05) is 6.54 Å². The highest BCUT2D eigenvalue weighted by Gasteiger charge is 2.14. The number of rotatable bonds is 5. The first-order valence-electron chi connectivity index (χ1n) is 7.19. The van der Waals surface area contributed by atoms with Crippen LogP contribution in [0.15, 0.2) is 48.5 Å². The largest absolute Gasteiger partial charge is 0.387 e. The summed E-state index contributed by atoms with van der Waals surface area (Å²) >= 11 is 6.08. The fourth-order valence-electron chi connectivity index (χ4n) is 2.14. The molecule has 3 N–H and O–H groups in total. The van der Waals surface area contributed by atoms with Crippen molar-refractivity contribution in [3.05, 3.63) is 70.5 Å². The average Bonchev–Trinajstić information content (AvgIpc) is 2.53. The van der Waals surface area contributed by atoms with E-state index < -0.39 is 12.1 Å². The Hall–Kier alpha value is -2.11. The number of amides is 2. The zero-order valence-electron chi connectivity index (χ0n) is 12.6. The molecule has 0 fully saturated rings. The molecule has 2 aromatic rings. The van der Waals surface area contributed by atoms with Crippen molar-refractivity contribution in [3.8, 4) is 0 Å². The summed E-state index contributed by atoms with van der Waals surface area (Å²) in [4.78, 5) is 11.9. The fourth-order valence-corrected chi connectivity index (χ4v) is 2.44. The Morgan fingerprint density at radius 2 is 1.87 bits per heavy atom. The third kappa shape index (κ3) is 4.94. The molecule has 2 unspecified atom stereocenters. The normalized spacial score (nSPS) is 13.2. The highest BCUT2D eigenvalue weighted by Crippen LogP contribution is 2.22. The van der Waals surface area contributed by atoms with E-state index in [-0.39, 0.29) is 18.4 Å². The van der Waals surface area contributed by atoms with Gasteiger partial charge in [0, 0.05) is 11.6 Å². The second-order valence-corrected chi connectivity index (χ2v) is 5.57. The molecule has 6 heteroatoms. The van der Waals surface area contributed by atoms with Crippen molar-refractivity contribution in [1.82, 2.24) is 10.6 Å². The number of carbonyl (C=O) groups is 1. The minimum absolute atomic E-state index is 0.0205. The summed E-state index contributed by atoms with van der Waals surface area (Å²) in [7, 11) is 0. The van der Waals surface area contributed by atoms with E-state index in [4.69, 9.17) is 11.6 Å². The number of carbonyl (C=O) groups excluding carboxylic acids is 1. The fraction of sp³-hybridized carbons (Fsp3) is 0.235. The number of urea groups is 1. The summed E-state index contributed by atoms with van der Waals surface area (Å²) < 4.78 is 12.8. The maximum absolute atomic E-state index is 12.8. The van der Waals surface area contributed by atoms with E-state index in [0.717, 1.165) is 5.56 Å². The van der Waals surface area contributed by atoms with E-state index in [1.54, 1.807) is 6.07 Å². The topological polar surface area (TPSA) is 61.4 Å². The molecule has 4 nitrogen and oxygen atoms in total. The number of hydrogen-bond acceptors (Lipinski definition) is 2. The van der Waals surface area contributed by atoms with Crippen molar-refractivity contribution < 1.29 is 14.3 Å².